The number of fused-ring (bicyclic) bond motifs is 1. The minimum atomic E-state index is -0.293. The fourth-order valence-electron chi connectivity index (χ4n) is 3.50. The predicted octanol–water partition coefficient (Wildman–Crippen LogP) is 4.96. The molecule has 7 nitrogen and oxygen atoms in total. The van der Waals surface area contributed by atoms with Gasteiger partial charge in [0.05, 0.1) is 23.3 Å². The summed E-state index contributed by atoms with van der Waals surface area (Å²) in [5, 5.41) is 13.4. The lowest BCUT2D eigenvalue weighted by atomic mass is 9.99. The molecule has 0 aliphatic rings. The third-order valence-electron chi connectivity index (χ3n) is 4.99. The summed E-state index contributed by atoms with van der Waals surface area (Å²) in [4.78, 5) is 25.6. The Morgan fingerprint density at radius 2 is 2.03 bits per heavy atom. The Morgan fingerprint density at radius 1 is 1.23 bits per heavy atom. The van der Waals surface area contributed by atoms with E-state index in [0.29, 0.717) is 33.7 Å². The van der Waals surface area contributed by atoms with Crippen LogP contribution in [-0.2, 0) is 0 Å². The average Bonchev–Trinajstić information content (AvgIpc) is 2.77. The smallest absolute Gasteiger partial charge is 0.196 e. The van der Waals surface area contributed by atoms with Gasteiger partial charge in [0, 0.05) is 23.5 Å². The molecular formula is C23H18ClN5O2. The minimum Gasteiger partial charge on any atom is -0.453 e. The van der Waals surface area contributed by atoms with Crippen LogP contribution in [0, 0.1) is 25.2 Å². The number of aromatic nitrogens is 3. The van der Waals surface area contributed by atoms with Gasteiger partial charge in [-0.1, -0.05) is 17.7 Å². The lowest BCUT2D eigenvalue weighted by molar-refractivity contribution is 0.602. The molecule has 8 heteroatoms. The molecule has 4 rings (SSSR count). The summed E-state index contributed by atoms with van der Waals surface area (Å²) in [6, 6.07) is 8.83. The van der Waals surface area contributed by atoms with Crippen molar-refractivity contribution in [2.45, 2.75) is 26.8 Å². The quantitative estimate of drug-likeness (QED) is 0.455. The molecule has 0 radical (unpaired) electrons. The first kappa shape index (κ1) is 20.5. The maximum Gasteiger partial charge on any atom is 0.196 e. The number of rotatable bonds is 4. The number of hydrogen-bond donors (Lipinski definition) is 1. The number of hydrogen-bond acceptors (Lipinski definition) is 7. The van der Waals surface area contributed by atoms with Gasteiger partial charge >= 0.3 is 0 Å². The summed E-state index contributed by atoms with van der Waals surface area (Å²) in [7, 11) is 0. The number of nitrogens with zero attached hydrogens (tertiary/aromatic N) is 4. The zero-order valence-electron chi connectivity index (χ0n) is 17.1. The number of nitriles is 1. The summed E-state index contributed by atoms with van der Waals surface area (Å²) >= 11 is 5.91. The van der Waals surface area contributed by atoms with Crippen LogP contribution in [-0.4, -0.2) is 15.0 Å². The van der Waals surface area contributed by atoms with Crippen molar-refractivity contribution in [2.24, 2.45) is 0 Å². The highest BCUT2D eigenvalue weighted by atomic mass is 35.5. The van der Waals surface area contributed by atoms with E-state index in [1.807, 2.05) is 32.0 Å². The Kier molecular flexibility index (Phi) is 5.40. The van der Waals surface area contributed by atoms with E-state index in [2.05, 4.69) is 20.3 Å². The van der Waals surface area contributed by atoms with Crippen LogP contribution in [0.4, 0.5) is 5.69 Å². The van der Waals surface area contributed by atoms with Gasteiger partial charge in [-0.05, 0) is 44.5 Å². The lowest BCUT2D eigenvalue weighted by Crippen LogP contribution is -2.13. The van der Waals surface area contributed by atoms with E-state index in [4.69, 9.17) is 16.0 Å². The van der Waals surface area contributed by atoms with Crippen LogP contribution in [0.15, 0.2) is 52.1 Å². The van der Waals surface area contributed by atoms with Gasteiger partial charge in [0.15, 0.2) is 16.9 Å². The van der Waals surface area contributed by atoms with Gasteiger partial charge in [0.25, 0.3) is 0 Å². The molecule has 1 unspecified atom stereocenters. The summed E-state index contributed by atoms with van der Waals surface area (Å²) in [5.74, 6) is 0.383. The SMILES string of the molecule is Cc1cc(C(C)Nc2ccc(Cl)nc2C#N)c2oc(-c3cnccn3)c(C)c(=O)c2c1. The first-order chi connectivity index (χ1) is 14.9. The summed E-state index contributed by atoms with van der Waals surface area (Å²) in [6.45, 7) is 5.56. The Balaban J connectivity index is 1.89. The maximum absolute atomic E-state index is 13.1. The first-order valence-corrected chi connectivity index (χ1v) is 9.94. The summed E-state index contributed by atoms with van der Waals surface area (Å²) in [5.41, 5.74) is 3.72. The molecular weight excluding hydrogens is 414 g/mol. The highest BCUT2D eigenvalue weighted by Crippen LogP contribution is 2.31. The van der Waals surface area contributed by atoms with Crippen LogP contribution in [0.1, 0.15) is 35.3 Å². The molecule has 3 aromatic heterocycles. The predicted molar refractivity (Wildman–Crippen MR) is 119 cm³/mol. The number of aryl methyl sites for hydroxylation is 1. The lowest BCUT2D eigenvalue weighted by Gasteiger charge is -2.19. The van der Waals surface area contributed by atoms with E-state index in [-0.39, 0.29) is 22.3 Å². The van der Waals surface area contributed by atoms with E-state index in [1.54, 1.807) is 37.6 Å². The van der Waals surface area contributed by atoms with Gasteiger partial charge in [-0.3, -0.25) is 9.78 Å². The van der Waals surface area contributed by atoms with Crippen molar-refractivity contribution >= 4 is 28.3 Å². The van der Waals surface area contributed by atoms with Crippen molar-refractivity contribution in [1.82, 2.24) is 15.0 Å². The van der Waals surface area contributed by atoms with Crippen molar-refractivity contribution in [3.05, 3.63) is 80.6 Å². The van der Waals surface area contributed by atoms with Crippen LogP contribution in [0.25, 0.3) is 22.4 Å². The Morgan fingerprint density at radius 3 is 2.74 bits per heavy atom. The standard InChI is InChI=1S/C23H18ClN5O2/c1-12-8-15(14(3)28-17-4-5-20(24)29-18(17)10-25)23-16(9-12)21(30)13(2)22(31-23)19-11-26-6-7-27-19/h4-9,11,14,28H,1-3H3. The average molecular weight is 432 g/mol. The molecule has 0 saturated carbocycles. The topological polar surface area (TPSA) is 105 Å². The molecule has 0 saturated heterocycles. The molecule has 0 aliphatic heterocycles. The number of halogens is 1. The Bertz CT molecular complexity index is 1390. The number of nitrogens with one attached hydrogen (secondary N) is 1. The zero-order chi connectivity index (χ0) is 22.1. The molecule has 0 fully saturated rings. The monoisotopic (exact) mass is 431 g/mol. The van der Waals surface area contributed by atoms with E-state index in [9.17, 15) is 10.1 Å². The van der Waals surface area contributed by atoms with Crippen LogP contribution >= 0.6 is 11.6 Å². The van der Waals surface area contributed by atoms with E-state index in [0.717, 1.165) is 11.1 Å². The molecule has 1 atom stereocenters. The third-order valence-corrected chi connectivity index (χ3v) is 5.20. The Labute approximate surface area is 183 Å². The van der Waals surface area contributed by atoms with Crippen LogP contribution in [0.5, 0.6) is 0 Å². The third kappa shape index (κ3) is 3.86. The molecule has 3 heterocycles. The normalized spacial score (nSPS) is 11.8. The largest absolute Gasteiger partial charge is 0.453 e. The fourth-order valence-corrected chi connectivity index (χ4v) is 3.65. The second kappa shape index (κ2) is 8.17. The molecule has 0 aliphatic carbocycles. The molecule has 31 heavy (non-hydrogen) atoms. The van der Waals surface area contributed by atoms with Gasteiger partial charge in [0.1, 0.15) is 22.5 Å². The summed E-state index contributed by atoms with van der Waals surface area (Å²) < 4.78 is 6.24. The van der Waals surface area contributed by atoms with Crippen molar-refractivity contribution in [3.8, 4) is 17.5 Å². The highest BCUT2D eigenvalue weighted by molar-refractivity contribution is 6.29. The van der Waals surface area contributed by atoms with Gasteiger partial charge in [-0.2, -0.15) is 5.26 Å². The molecule has 1 aromatic carbocycles. The molecule has 0 spiro atoms. The summed E-state index contributed by atoms with van der Waals surface area (Å²) in [6.07, 6.45) is 4.67. The second-order valence-corrected chi connectivity index (χ2v) is 7.60. The van der Waals surface area contributed by atoms with Crippen molar-refractivity contribution in [3.63, 3.8) is 0 Å². The van der Waals surface area contributed by atoms with Crippen LogP contribution in [0.3, 0.4) is 0 Å². The van der Waals surface area contributed by atoms with Gasteiger partial charge in [-0.25, -0.2) is 9.97 Å². The fraction of sp³-hybridized carbons (Fsp3) is 0.174. The Hall–Kier alpha value is -3.76. The van der Waals surface area contributed by atoms with E-state index >= 15 is 0 Å². The van der Waals surface area contributed by atoms with Crippen LogP contribution in [0.2, 0.25) is 5.15 Å². The minimum absolute atomic E-state index is 0.120. The maximum atomic E-state index is 13.1. The molecule has 4 aromatic rings. The van der Waals surface area contributed by atoms with E-state index in [1.165, 1.54) is 0 Å². The highest BCUT2D eigenvalue weighted by Gasteiger charge is 2.20. The zero-order valence-corrected chi connectivity index (χ0v) is 17.9. The molecule has 154 valence electrons. The van der Waals surface area contributed by atoms with Crippen molar-refractivity contribution in [1.29, 1.82) is 5.26 Å². The van der Waals surface area contributed by atoms with Gasteiger partial charge in [-0.15, -0.1) is 0 Å². The van der Waals surface area contributed by atoms with Crippen molar-refractivity contribution < 1.29 is 4.42 Å². The molecule has 0 bridgehead atoms. The number of benzene rings is 1. The second-order valence-electron chi connectivity index (χ2n) is 7.21. The van der Waals surface area contributed by atoms with Gasteiger partial charge < -0.3 is 9.73 Å². The number of pyridine rings is 1. The van der Waals surface area contributed by atoms with Crippen molar-refractivity contribution in [2.75, 3.05) is 5.32 Å². The van der Waals surface area contributed by atoms with E-state index < -0.39 is 0 Å². The van der Waals surface area contributed by atoms with Gasteiger partial charge in [0.2, 0.25) is 0 Å². The first-order valence-electron chi connectivity index (χ1n) is 9.56. The number of anilines is 1. The molecule has 1 N–H and O–H groups in total. The van der Waals surface area contributed by atoms with Crippen LogP contribution < -0.4 is 10.7 Å². The molecule has 0 amide bonds.